The van der Waals surface area contributed by atoms with E-state index in [4.69, 9.17) is 14.2 Å². The number of hydrogen-bond acceptors (Lipinski definition) is 9. The smallest absolute Gasteiger partial charge is 0.151 e. The molecule has 4 heterocycles. The molecule has 37 heavy (non-hydrogen) atoms. The van der Waals surface area contributed by atoms with Gasteiger partial charge in [0, 0.05) is 23.0 Å². The Labute approximate surface area is 214 Å². The molecule has 2 N–H and O–H groups in total. The Bertz CT molecular complexity index is 1450. The molecule has 0 aliphatic carbocycles. The highest BCUT2D eigenvalue weighted by atomic mass is 32.2. The summed E-state index contributed by atoms with van der Waals surface area (Å²) >= 11 is 0. The van der Waals surface area contributed by atoms with E-state index in [0.29, 0.717) is 34.2 Å². The quantitative estimate of drug-likeness (QED) is 0.511. The molecule has 0 spiro atoms. The van der Waals surface area contributed by atoms with Crippen LogP contribution in [0.25, 0.3) is 10.9 Å². The normalized spacial score (nSPS) is 26.7. The summed E-state index contributed by atoms with van der Waals surface area (Å²) in [4.78, 5) is 8.87. The lowest BCUT2D eigenvalue weighted by Gasteiger charge is -2.21. The minimum absolute atomic E-state index is 0.179. The van der Waals surface area contributed by atoms with Crippen LogP contribution in [-0.2, 0) is 19.2 Å². The van der Waals surface area contributed by atoms with Gasteiger partial charge >= 0.3 is 0 Å². The van der Waals surface area contributed by atoms with Gasteiger partial charge in [0.15, 0.2) is 6.10 Å². The van der Waals surface area contributed by atoms with Crippen LogP contribution in [0.15, 0.2) is 41.0 Å². The molecule has 6 rings (SSSR count). The fourth-order valence-corrected chi connectivity index (χ4v) is 7.46. The lowest BCUT2D eigenvalue weighted by atomic mass is 10.1. The highest BCUT2D eigenvalue weighted by Crippen LogP contribution is 2.36. The topological polar surface area (TPSA) is 115 Å². The second-order valence-electron chi connectivity index (χ2n) is 9.80. The van der Waals surface area contributed by atoms with Crippen LogP contribution in [-0.4, -0.2) is 68.4 Å². The van der Waals surface area contributed by atoms with E-state index >= 15 is 0 Å². The number of hydrogen-bond donors (Lipinski definition) is 2. The van der Waals surface area contributed by atoms with Crippen molar-refractivity contribution >= 4 is 37.8 Å². The fraction of sp³-hybridized carbons (Fsp3) is 0.462. The summed E-state index contributed by atoms with van der Waals surface area (Å²) in [5, 5.41) is 14.1. The number of ether oxygens (including phenoxy) is 3. The molecule has 3 aliphatic rings. The number of anilines is 2. The molecule has 9 nitrogen and oxygen atoms in total. The van der Waals surface area contributed by atoms with Crippen LogP contribution in [0.2, 0.25) is 0 Å². The molecule has 3 aliphatic heterocycles. The minimum atomic E-state index is -2.24. The Morgan fingerprint density at radius 2 is 1.92 bits per heavy atom. The van der Waals surface area contributed by atoms with E-state index in [2.05, 4.69) is 19.6 Å². The SMILES string of the molecule is Cc1cc(N=S2(=O)CCCCC2)cc2ncnc(Nc3ccc(F)cc3OC3COC4C3OC[C@H]4O)c12. The molecule has 3 saturated heterocycles. The van der Waals surface area contributed by atoms with Gasteiger partial charge in [0.05, 0.1) is 39.8 Å². The number of aryl methyl sites for hydroxylation is 1. The van der Waals surface area contributed by atoms with Gasteiger partial charge in [-0.05, 0) is 49.6 Å². The Morgan fingerprint density at radius 3 is 2.76 bits per heavy atom. The Morgan fingerprint density at radius 1 is 1.11 bits per heavy atom. The number of nitrogens with one attached hydrogen (secondary N) is 1. The lowest BCUT2D eigenvalue weighted by molar-refractivity contribution is 0.00871. The van der Waals surface area contributed by atoms with Gasteiger partial charge in [0.25, 0.3) is 0 Å². The van der Waals surface area contributed by atoms with E-state index in [1.54, 1.807) is 6.07 Å². The van der Waals surface area contributed by atoms with Crippen LogP contribution in [0.1, 0.15) is 24.8 Å². The zero-order valence-electron chi connectivity index (χ0n) is 20.4. The Kier molecular flexibility index (Phi) is 6.47. The highest BCUT2D eigenvalue weighted by Gasteiger charge is 2.48. The van der Waals surface area contributed by atoms with Crippen molar-refractivity contribution in [2.75, 3.05) is 30.0 Å². The van der Waals surface area contributed by atoms with Crippen molar-refractivity contribution in [3.8, 4) is 5.75 Å². The van der Waals surface area contributed by atoms with E-state index in [9.17, 15) is 13.7 Å². The van der Waals surface area contributed by atoms with Crippen molar-refractivity contribution in [1.29, 1.82) is 0 Å². The van der Waals surface area contributed by atoms with Crippen LogP contribution in [0.4, 0.5) is 21.6 Å². The van der Waals surface area contributed by atoms with Gasteiger partial charge in [-0.2, -0.15) is 4.36 Å². The number of benzene rings is 2. The maximum absolute atomic E-state index is 14.2. The zero-order chi connectivity index (χ0) is 25.6. The summed E-state index contributed by atoms with van der Waals surface area (Å²) < 4.78 is 49.4. The monoisotopic (exact) mass is 528 g/mol. The van der Waals surface area contributed by atoms with Crippen LogP contribution < -0.4 is 10.1 Å². The van der Waals surface area contributed by atoms with Crippen LogP contribution >= 0.6 is 0 Å². The van der Waals surface area contributed by atoms with Crippen molar-refractivity contribution in [2.45, 2.75) is 50.6 Å². The molecule has 1 aromatic heterocycles. The van der Waals surface area contributed by atoms with Crippen LogP contribution in [0.3, 0.4) is 0 Å². The third kappa shape index (κ3) is 4.88. The van der Waals surface area contributed by atoms with Gasteiger partial charge in [-0.1, -0.05) is 6.42 Å². The molecule has 3 aromatic rings. The first kappa shape index (κ1) is 24.5. The van der Waals surface area contributed by atoms with E-state index in [-0.39, 0.29) is 19.0 Å². The molecule has 3 fully saturated rings. The second-order valence-corrected chi connectivity index (χ2v) is 12.3. The molecule has 0 saturated carbocycles. The number of aliphatic hydroxyl groups is 1. The molecule has 11 heteroatoms. The summed E-state index contributed by atoms with van der Waals surface area (Å²) in [7, 11) is -2.24. The molecule has 0 amide bonds. The van der Waals surface area contributed by atoms with Gasteiger partial charge in [0.2, 0.25) is 0 Å². The van der Waals surface area contributed by atoms with Crippen LogP contribution in [0, 0.1) is 12.7 Å². The minimum Gasteiger partial charge on any atom is -0.483 e. The molecule has 2 aromatic carbocycles. The van der Waals surface area contributed by atoms with E-state index in [1.807, 2.05) is 19.1 Å². The first-order chi connectivity index (χ1) is 17.9. The average molecular weight is 529 g/mol. The largest absolute Gasteiger partial charge is 0.483 e. The summed E-state index contributed by atoms with van der Waals surface area (Å²) in [6.45, 7) is 2.34. The van der Waals surface area contributed by atoms with Gasteiger partial charge in [-0.25, -0.2) is 18.6 Å². The second kappa shape index (κ2) is 9.79. The third-order valence-corrected chi connectivity index (χ3v) is 9.47. The van der Waals surface area contributed by atoms with Crippen molar-refractivity contribution in [3.63, 3.8) is 0 Å². The first-order valence-corrected chi connectivity index (χ1v) is 14.4. The van der Waals surface area contributed by atoms with Gasteiger partial charge in [-0.15, -0.1) is 0 Å². The van der Waals surface area contributed by atoms with Gasteiger partial charge < -0.3 is 24.6 Å². The number of aromatic nitrogens is 2. The van der Waals surface area contributed by atoms with Gasteiger partial charge in [-0.3, -0.25) is 0 Å². The number of fused-ring (bicyclic) bond motifs is 2. The predicted octanol–water partition coefficient (Wildman–Crippen LogP) is 4.01. The maximum atomic E-state index is 14.2. The molecule has 196 valence electrons. The summed E-state index contributed by atoms with van der Waals surface area (Å²) in [5.74, 6) is 1.62. The molecular formula is C26H29FN4O5S. The third-order valence-electron chi connectivity index (χ3n) is 7.08. The number of aliphatic hydroxyl groups excluding tert-OH is 1. The fourth-order valence-electron chi connectivity index (χ4n) is 5.27. The van der Waals surface area contributed by atoms with Crippen LogP contribution in [0.5, 0.6) is 5.75 Å². The summed E-state index contributed by atoms with van der Waals surface area (Å²) in [6.07, 6.45) is 2.36. The maximum Gasteiger partial charge on any atom is 0.151 e. The average Bonchev–Trinajstić information content (AvgIpc) is 3.44. The van der Waals surface area contributed by atoms with Crippen molar-refractivity contribution < 1.29 is 27.9 Å². The van der Waals surface area contributed by atoms with Gasteiger partial charge in [0.1, 0.15) is 42.0 Å². The number of nitrogens with zero attached hydrogens (tertiary/aromatic N) is 3. The van der Waals surface area contributed by atoms with Crippen molar-refractivity contribution in [1.82, 2.24) is 9.97 Å². The lowest BCUT2D eigenvalue weighted by Crippen LogP contribution is -2.34. The summed E-state index contributed by atoms with van der Waals surface area (Å²) in [5.41, 5.74) is 2.71. The molecule has 0 bridgehead atoms. The van der Waals surface area contributed by atoms with E-state index in [0.717, 1.165) is 30.2 Å². The zero-order valence-corrected chi connectivity index (χ0v) is 21.2. The molecule has 4 atom stereocenters. The molecule has 3 unspecified atom stereocenters. The first-order valence-electron chi connectivity index (χ1n) is 12.5. The number of rotatable bonds is 5. The Hall–Kier alpha value is -2.86. The van der Waals surface area contributed by atoms with E-state index < -0.39 is 40.0 Å². The van der Waals surface area contributed by atoms with Crippen molar-refractivity contribution in [3.05, 3.63) is 48.0 Å². The predicted molar refractivity (Wildman–Crippen MR) is 138 cm³/mol. The van der Waals surface area contributed by atoms with E-state index in [1.165, 1.54) is 18.5 Å². The molecular weight excluding hydrogens is 499 g/mol. The highest BCUT2D eigenvalue weighted by molar-refractivity contribution is 7.93. The molecule has 0 radical (unpaired) electrons. The number of halogens is 1. The standard InChI is InChI=1S/C26H29FN4O5S/c1-15-9-17(31-37(33)7-3-2-4-8-37)11-19-23(15)26(29-14-28-19)30-18-6-5-16(27)10-21(18)36-22-13-35-24-20(32)12-34-25(22)24/h5-6,9-11,14,20,22,24-25,32H,2-4,7-8,12-13H2,1H3,(H,28,29,30)/t20-,22?,24?,25?/m1/s1. The Balaban J connectivity index is 1.31. The summed E-state index contributed by atoms with van der Waals surface area (Å²) in [6, 6.07) is 7.96. The van der Waals surface area contributed by atoms with Crippen molar-refractivity contribution in [2.24, 2.45) is 4.36 Å².